The summed E-state index contributed by atoms with van der Waals surface area (Å²) in [4.78, 5) is 12.7. The summed E-state index contributed by atoms with van der Waals surface area (Å²) in [5.41, 5.74) is 7.56. The molecule has 142 valence electrons. The molecule has 1 N–H and O–H groups in total. The lowest BCUT2D eigenvalue weighted by atomic mass is 9.72. The number of methoxy groups -OCH3 is 1. The van der Waals surface area contributed by atoms with Crippen molar-refractivity contribution >= 4 is 5.97 Å². The van der Waals surface area contributed by atoms with Crippen molar-refractivity contribution in [3.8, 4) is 16.9 Å². The van der Waals surface area contributed by atoms with Gasteiger partial charge in [-0.1, -0.05) is 61.5 Å². The maximum absolute atomic E-state index is 12.7. The van der Waals surface area contributed by atoms with Crippen LogP contribution < -0.4 is 0 Å². The molecule has 1 unspecified atom stereocenters. The zero-order chi connectivity index (χ0) is 19.8. The van der Waals surface area contributed by atoms with E-state index in [1.165, 1.54) is 18.2 Å². The summed E-state index contributed by atoms with van der Waals surface area (Å²) in [6, 6.07) is 18.6. The fourth-order valence-corrected chi connectivity index (χ4v) is 4.58. The number of aromatic hydroxyl groups is 1. The Morgan fingerprint density at radius 2 is 1.79 bits per heavy atom. The van der Waals surface area contributed by atoms with Gasteiger partial charge in [-0.2, -0.15) is 0 Å². The molecule has 0 fully saturated rings. The first kappa shape index (κ1) is 18.3. The van der Waals surface area contributed by atoms with Gasteiger partial charge in [0.1, 0.15) is 11.3 Å². The van der Waals surface area contributed by atoms with E-state index in [2.05, 4.69) is 37.3 Å². The van der Waals surface area contributed by atoms with Crippen LogP contribution in [0.15, 0.2) is 54.6 Å². The lowest BCUT2D eigenvalue weighted by Gasteiger charge is -2.32. The van der Waals surface area contributed by atoms with Crippen LogP contribution in [0.4, 0.5) is 0 Å². The zero-order valence-electron chi connectivity index (χ0n) is 16.5. The van der Waals surface area contributed by atoms with Gasteiger partial charge in [-0.05, 0) is 53.1 Å². The van der Waals surface area contributed by atoms with Gasteiger partial charge in [0.2, 0.25) is 0 Å². The Kier molecular flexibility index (Phi) is 4.68. The van der Waals surface area contributed by atoms with Gasteiger partial charge in [-0.3, -0.25) is 0 Å². The van der Waals surface area contributed by atoms with E-state index >= 15 is 0 Å². The Balaban J connectivity index is 2.07. The third-order valence-corrected chi connectivity index (χ3v) is 5.94. The number of phenols is 1. The highest BCUT2D eigenvalue weighted by Gasteiger charge is 2.33. The summed E-state index contributed by atoms with van der Waals surface area (Å²) in [6.45, 7) is 4.05. The molecule has 0 saturated carbocycles. The number of phenolic OH excluding ortho intramolecular Hbond substituents is 1. The van der Waals surface area contributed by atoms with Crippen molar-refractivity contribution in [3.05, 3.63) is 88.0 Å². The summed E-state index contributed by atoms with van der Waals surface area (Å²) in [6.07, 6.45) is 1.45. The number of carbonyl (C=O) groups excluding carboxylic acids is 1. The Bertz CT molecular complexity index is 1050. The molecule has 0 saturated heterocycles. The monoisotopic (exact) mass is 372 g/mol. The lowest BCUT2D eigenvalue weighted by Crippen LogP contribution is -2.18. The smallest absolute Gasteiger partial charge is 0.342 e. The molecule has 0 radical (unpaired) electrons. The predicted molar refractivity (Wildman–Crippen MR) is 111 cm³/mol. The first-order chi connectivity index (χ1) is 13.6. The fraction of sp³-hybridized carbons (Fsp3) is 0.240. The van der Waals surface area contributed by atoms with Crippen LogP contribution in [-0.4, -0.2) is 18.2 Å². The fourth-order valence-electron chi connectivity index (χ4n) is 4.58. The number of rotatable bonds is 3. The topological polar surface area (TPSA) is 46.5 Å². The normalized spacial score (nSPS) is 14.9. The molecule has 0 amide bonds. The molecule has 1 aliphatic carbocycles. The number of esters is 1. The summed E-state index contributed by atoms with van der Waals surface area (Å²) < 4.78 is 5.05. The molecule has 1 aliphatic rings. The Labute approximate surface area is 165 Å². The molecule has 3 aromatic carbocycles. The number of fused-ring (bicyclic) bond motifs is 3. The molecule has 0 bridgehead atoms. The van der Waals surface area contributed by atoms with Crippen LogP contribution in [0.2, 0.25) is 0 Å². The molecule has 3 aromatic rings. The van der Waals surface area contributed by atoms with E-state index in [1.54, 1.807) is 0 Å². The van der Waals surface area contributed by atoms with Gasteiger partial charge >= 0.3 is 5.97 Å². The molecule has 3 heteroatoms. The third kappa shape index (κ3) is 2.70. The number of carbonyl (C=O) groups is 1. The average molecular weight is 372 g/mol. The van der Waals surface area contributed by atoms with Crippen LogP contribution in [0.3, 0.4) is 0 Å². The van der Waals surface area contributed by atoms with E-state index in [-0.39, 0.29) is 11.7 Å². The molecule has 3 nitrogen and oxygen atoms in total. The first-order valence-corrected chi connectivity index (χ1v) is 9.68. The molecular formula is C25H24O3. The van der Waals surface area contributed by atoms with Crippen LogP contribution in [0, 0.1) is 6.92 Å². The molecule has 0 heterocycles. The van der Waals surface area contributed by atoms with Gasteiger partial charge in [-0.15, -0.1) is 0 Å². The molecule has 4 rings (SSSR count). The maximum Gasteiger partial charge on any atom is 0.342 e. The van der Waals surface area contributed by atoms with Crippen molar-refractivity contribution < 1.29 is 14.6 Å². The van der Waals surface area contributed by atoms with Gasteiger partial charge in [0, 0.05) is 11.5 Å². The van der Waals surface area contributed by atoms with Gasteiger partial charge < -0.3 is 9.84 Å². The van der Waals surface area contributed by atoms with Crippen molar-refractivity contribution in [2.24, 2.45) is 0 Å². The minimum Gasteiger partial charge on any atom is -0.507 e. The maximum atomic E-state index is 12.7. The van der Waals surface area contributed by atoms with Crippen LogP contribution in [-0.2, 0) is 17.6 Å². The summed E-state index contributed by atoms with van der Waals surface area (Å²) >= 11 is 0. The van der Waals surface area contributed by atoms with E-state index in [1.807, 2.05) is 31.2 Å². The van der Waals surface area contributed by atoms with Crippen molar-refractivity contribution in [3.63, 3.8) is 0 Å². The van der Waals surface area contributed by atoms with Gasteiger partial charge in [0.05, 0.1) is 7.11 Å². The second-order valence-electron chi connectivity index (χ2n) is 7.28. The Hall–Kier alpha value is -3.07. The van der Waals surface area contributed by atoms with Crippen molar-refractivity contribution in [2.45, 2.75) is 32.6 Å². The lowest BCUT2D eigenvalue weighted by molar-refractivity contribution is 0.0598. The molecular weight excluding hydrogens is 348 g/mol. The number of benzene rings is 3. The van der Waals surface area contributed by atoms with E-state index in [9.17, 15) is 9.90 Å². The van der Waals surface area contributed by atoms with E-state index < -0.39 is 5.97 Å². The zero-order valence-corrected chi connectivity index (χ0v) is 16.5. The minimum absolute atomic E-state index is 0.0542. The molecule has 0 aromatic heterocycles. The highest BCUT2D eigenvalue weighted by Crippen LogP contribution is 2.48. The summed E-state index contributed by atoms with van der Waals surface area (Å²) in [5, 5.41) is 10.9. The highest BCUT2D eigenvalue weighted by atomic mass is 16.5. The molecule has 28 heavy (non-hydrogen) atoms. The predicted octanol–water partition coefficient (Wildman–Crippen LogP) is 5.40. The van der Waals surface area contributed by atoms with Gasteiger partial charge in [0.25, 0.3) is 0 Å². The van der Waals surface area contributed by atoms with Gasteiger partial charge in [0.15, 0.2) is 0 Å². The van der Waals surface area contributed by atoms with E-state index in [0.717, 1.165) is 34.2 Å². The molecule has 0 spiro atoms. The van der Waals surface area contributed by atoms with E-state index in [0.29, 0.717) is 12.0 Å². The van der Waals surface area contributed by atoms with Crippen molar-refractivity contribution in [1.29, 1.82) is 0 Å². The SMILES string of the molecule is CCc1c(C)c2c(c(C(=O)OC)c1O)-c1ccccc1C(c1ccccc1)C2. The standard InChI is InChI=1S/C25H24O3/c1-4-17-15(2)20-14-21(16-10-6-5-7-11-16)18-12-8-9-13-19(18)22(20)23(24(17)26)25(27)28-3/h5-13,21,26H,4,14H2,1-3H3. The second kappa shape index (κ2) is 7.16. The summed E-state index contributed by atoms with van der Waals surface area (Å²) in [7, 11) is 1.36. The van der Waals surface area contributed by atoms with Crippen LogP contribution in [0.5, 0.6) is 5.75 Å². The first-order valence-electron chi connectivity index (χ1n) is 9.68. The third-order valence-electron chi connectivity index (χ3n) is 5.94. The van der Waals surface area contributed by atoms with Crippen molar-refractivity contribution in [2.75, 3.05) is 7.11 Å². The number of hydrogen-bond acceptors (Lipinski definition) is 3. The Morgan fingerprint density at radius 1 is 1.11 bits per heavy atom. The number of ether oxygens (including phenoxy) is 1. The summed E-state index contributed by atoms with van der Waals surface area (Å²) in [5.74, 6) is -0.224. The van der Waals surface area contributed by atoms with Crippen molar-refractivity contribution in [1.82, 2.24) is 0 Å². The second-order valence-corrected chi connectivity index (χ2v) is 7.28. The van der Waals surface area contributed by atoms with Crippen LogP contribution in [0.25, 0.3) is 11.1 Å². The largest absolute Gasteiger partial charge is 0.507 e. The quantitative estimate of drug-likeness (QED) is 0.626. The average Bonchev–Trinajstić information content (AvgIpc) is 2.74. The Morgan fingerprint density at radius 3 is 2.46 bits per heavy atom. The van der Waals surface area contributed by atoms with Crippen LogP contribution in [0.1, 0.15) is 51.0 Å². The van der Waals surface area contributed by atoms with E-state index in [4.69, 9.17) is 4.74 Å². The molecule has 1 atom stereocenters. The molecule has 0 aliphatic heterocycles. The minimum atomic E-state index is -0.489. The van der Waals surface area contributed by atoms with Gasteiger partial charge in [-0.25, -0.2) is 4.79 Å². The highest BCUT2D eigenvalue weighted by molar-refractivity contribution is 6.03. The van der Waals surface area contributed by atoms with Crippen LogP contribution >= 0.6 is 0 Å². The number of hydrogen-bond donors (Lipinski definition) is 1.